The summed E-state index contributed by atoms with van der Waals surface area (Å²) in [6.45, 7) is 4.21. The van der Waals surface area contributed by atoms with Gasteiger partial charge in [-0.2, -0.15) is 21.6 Å². The Hall–Kier alpha value is -1.51. The van der Waals surface area contributed by atoms with Crippen LogP contribution in [-0.2, 0) is 19.1 Å². The zero-order chi connectivity index (χ0) is 22.1. The largest absolute Gasteiger partial charge is 0.534 e. The Balaban J connectivity index is 1.61. The fourth-order valence-electron chi connectivity index (χ4n) is 6.96. The van der Waals surface area contributed by atoms with Crippen LogP contribution in [0.25, 0.3) is 0 Å². The van der Waals surface area contributed by atoms with Crippen LogP contribution in [0.1, 0.15) is 58.8 Å². The topological polar surface area (TPSA) is 80.7 Å². The molecule has 1 unspecified atom stereocenters. The van der Waals surface area contributed by atoms with Crippen LogP contribution in [0.4, 0.5) is 13.2 Å². The molecule has 0 aromatic rings. The van der Waals surface area contributed by atoms with Crippen LogP contribution in [0.15, 0.2) is 23.5 Å². The highest BCUT2D eigenvalue weighted by Gasteiger charge is 2.60. The van der Waals surface area contributed by atoms with Crippen LogP contribution >= 0.6 is 0 Å². The molecule has 9 heteroatoms. The number of aliphatic carboxylic acids is 1. The smallest absolute Gasteiger partial charge is 0.481 e. The van der Waals surface area contributed by atoms with Crippen molar-refractivity contribution in [2.24, 2.45) is 34.5 Å². The van der Waals surface area contributed by atoms with Crippen LogP contribution in [0.2, 0.25) is 0 Å². The van der Waals surface area contributed by atoms with E-state index in [1.165, 1.54) is 6.08 Å². The molecule has 168 valence electrons. The predicted octanol–water partition coefficient (Wildman–Crippen LogP) is 5.01. The lowest BCUT2D eigenvalue weighted by Gasteiger charge is -2.56. The highest BCUT2D eigenvalue weighted by Crippen LogP contribution is 2.66. The van der Waals surface area contributed by atoms with E-state index in [-0.39, 0.29) is 28.9 Å². The molecular weight excluding hydrogens is 421 g/mol. The van der Waals surface area contributed by atoms with Gasteiger partial charge in [-0.1, -0.05) is 19.9 Å². The van der Waals surface area contributed by atoms with Crippen LogP contribution in [0.3, 0.4) is 0 Å². The maximum atomic E-state index is 12.7. The van der Waals surface area contributed by atoms with Crippen molar-refractivity contribution in [1.82, 2.24) is 0 Å². The number of carbonyl (C=O) groups is 1. The SMILES string of the molecule is C[C@]12CCC(OS(=O)(=O)C(F)(F)F)=CC1=CC[C@@H]1[C@H]2CC[C@]2(C)C(C(=O)O)CC[C@@H]12. The summed E-state index contributed by atoms with van der Waals surface area (Å²) in [6, 6.07) is 0. The quantitative estimate of drug-likeness (QED) is 0.485. The van der Waals surface area contributed by atoms with Crippen molar-refractivity contribution in [2.45, 2.75) is 64.3 Å². The molecule has 0 spiro atoms. The molecule has 0 bridgehead atoms. The van der Waals surface area contributed by atoms with E-state index in [1.807, 2.05) is 6.08 Å². The van der Waals surface area contributed by atoms with Crippen LogP contribution < -0.4 is 0 Å². The summed E-state index contributed by atoms with van der Waals surface area (Å²) in [6.07, 6.45) is 8.15. The second-order valence-corrected chi connectivity index (χ2v) is 11.3. The maximum absolute atomic E-state index is 12.7. The number of allylic oxidation sites excluding steroid dienone is 4. The molecule has 6 atom stereocenters. The standard InChI is InChI=1S/C21H27F3O5S/c1-19-9-7-13(29-30(27,28)21(22,23)24)11-12(19)3-4-14-15-5-6-17(18(25)26)20(15,2)10-8-16(14)19/h3,11,14-17H,4-10H2,1-2H3,(H,25,26)/t14-,15-,16+,17?,19-,20-/m0/s1. The third kappa shape index (κ3) is 3.10. The molecule has 0 amide bonds. The lowest BCUT2D eigenvalue weighted by Crippen LogP contribution is -2.50. The van der Waals surface area contributed by atoms with E-state index in [0.717, 1.165) is 31.3 Å². The first kappa shape index (κ1) is 21.7. The molecule has 5 nitrogen and oxygen atoms in total. The van der Waals surface area contributed by atoms with Crippen molar-refractivity contribution in [1.29, 1.82) is 0 Å². The van der Waals surface area contributed by atoms with Gasteiger partial charge < -0.3 is 9.29 Å². The summed E-state index contributed by atoms with van der Waals surface area (Å²) in [5, 5.41) is 9.67. The molecule has 0 aliphatic heterocycles. The monoisotopic (exact) mass is 448 g/mol. The van der Waals surface area contributed by atoms with Gasteiger partial charge in [-0.15, -0.1) is 0 Å². The van der Waals surface area contributed by atoms with Gasteiger partial charge in [-0.3, -0.25) is 4.79 Å². The minimum atomic E-state index is -5.66. The summed E-state index contributed by atoms with van der Waals surface area (Å²) in [7, 11) is -5.66. The van der Waals surface area contributed by atoms with Crippen molar-refractivity contribution in [3.63, 3.8) is 0 Å². The minimum Gasteiger partial charge on any atom is -0.481 e. The van der Waals surface area contributed by atoms with E-state index in [0.29, 0.717) is 30.6 Å². The highest BCUT2D eigenvalue weighted by molar-refractivity contribution is 7.87. The summed E-state index contributed by atoms with van der Waals surface area (Å²) >= 11 is 0. The lowest BCUT2D eigenvalue weighted by atomic mass is 9.48. The van der Waals surface area contributed by atoms with Gasteiger partial charge >= 0.3 is 21.6 Å². The zero-order valence-corrected chi connectivity index (χ0v) is 17.9. The first-order chi connectivity index (χ1) is 13.8. The number of hydrogen-bond donors (Lipinski definition) is 1. The molecule has 0 radical (unpaired) electrons. The number of alkyl halides is 3. The average molecular weight is 449 g/mol. The second kappa shape index (κ2) is 6.74. The van der Waals surface area contributed by atoms with E-state index in [2.05, 4.69) is 18.0 Å². The van der Waals surface area contributed by atoms with Gasteiger partial charge in [-0.05, 0) is 78.8 Å². The number of halogens is 3. The third-order valence-electron chi connectivity index (χ3n) is 8.53. The Bertz CT molecular complexity index is 921. The summed E-state index contributed by atoms with van der Waals surface area (Å²) in [5.41, 5.74) is -5.08. The van der Waals surface area contributed by atoms with Gasteiger partial charge in [0.05, 0.1) is 5.92 Å². The van der Waals surface area contributed by atoms with E-state index < -0.39 is 21.6 Å². The second-order valence-electron chi connectivity index (χ2n) is 9.80. The van der Waals surface area contributed by atoms with Crippen molar-refractivity contribution in [3.8, 4) is 0 Å². The molecule has 2 saturated carbocycles. The summed E-state index contributed by atoms with van der Waals surface area (Å²) in [5.74, 6) is -0.233. The van der Waals surface area contributed by atoms with Gasteiger partial charge in [0.25, 0.3) is 0 Å². The van der Waals surface area contributed by atoms with Crippen molar-refractivity contribution in [3.05, 3.63) is 23.5 Å². The lowest BCUT2D eigenvalue weighted by molar-refractivity contribution is -0.148. The van der Waals surface area contributed by atoms with Crippen molar-refractivity contribution < 1.29 is 35.7 Å². The average Bonchev–Trinajstić information content (AvgIpc) is 2.98. The Morgan fingerprint density at radius 1 is 1.17 bits per heavy atom. The molecule has 2 fully saturated rings. The Morgan fingerprint density at radius 3 is 2.50 bits per heavy atom. The molecule has 0 aromatic carbocycles. The van der Waals surface area contributed by atoms with Crippen LogP contribution in [-0.4, -0.2) is 25.0 Å². The van der Waals surface area contributed by atoms with Gasteiger partial charge in [0.2, 0.25) is 0 Å². The first-order valence-corrected chi connectivity index (χ1v) is 11.9. The molecule has 4 aliphatic carbocycles. The van der Waals surface area contributed by atoms with Crippen LogP contribution in [0, 0.1) is 34.5 Å². The third-order valence-corrected chi connectivity index (χ3v) is 9.53. The number of fused-ring (bicyclic) bond motifs is 5. The summed E-state index contributed by atoms with van der Waals surface area (Å²) < 4.78 is 65.2. The fraction of sp³-hybridized carbons (Fsp3) is 0.762. The number of hydrogen-bond acceptors (Lipinski definition) is 4. The van der Waals surface area contributed by atoms with Gasteiger partial charge in [0.15, 0.2) is 0 Å². The van der Waals surface area contributed by atoms with E-state index >= 15 is 0 Å². The Morgan fingerprint density at radius 2 is 1.87 bits per heavy atom. The Labute approximate surface area is 174 Å². The van der Waals surface area contributed by atoms with E-state index in [9.17, 15) is 31.5 Å². The maximum Gasteiger partial charge on any atom is 0.534 e. The van der Waals surface area contributed by atoms with Gasteiger partial charge in [0.1, 0.15) is 5.76 Å². The number of carboxylic acids is 1. The minimum absolute atomic E-state index is 0.131. The van der Waals surface area contributed by atoms with E-state index in [1.54, 1.807) is 0 Å². The van der Waals surface area contributed by atoms with Gasteiger partial charge in [-0.25, -0.2) is 0 Å². The fourth-order valence-corrected chi connectivity index (χ4v) is 7.47. The van der Waals surface area contributed by atoms with Crippen molar-refractivity contribution in [2.75, 3.05) is 0 Å². The molecule has 30 heavy (non-hydrogen) atoms. The van der Waals surface area contributed by atoms with Crippen molar-refractivity contribution >= 4 is 16.1 Å². The first-order valence-electron chi connectivity index (χ1n) is 10.4. The van der Waals surface area contributed by atoms with Crippen LogP contribution in [0.5, 0.6) is 0 Å². The number of rotatable bonds is 3. The normalized spacial score (nSPS) is 41.1. The number of carboxylic acid groups (broad SMARTS) is 1. The zero-order valence-electron chi connectivity index (χ0n) is 17.0. The Kier molecular flexibility index (Phi) is 4.88. The van der Waals surface area contributed by atoms with E-state index in [4.69, 9.17) is 0 Å². The molecule has 0 heterocycles. The predicted molar refractivity (Wildman–Crippen MR) is 102 cm³/mol. The molecule has 1 N–H and O–H groups in total. The molecular formula is C21H27F3O5S. The van der Waals surface area contributed by atoms with Gasteiger partial charge in [0, 0.05) is 6.42 Å². The molecule has 4 aliphatic rings. The molecule has 0 aromatic heterocycles. The molecule has 4 rings (SSSR count). The molecule has 0 saturated heterocycles. The highest BCUT2D eigenvalue weighted by atomic mass is 32.2. The summed E-state index contributed by atoms with van der Waals surface area (Å²) in [4.78, 5) is 11.8.